The number of alkyl halides is 10. The minimum atomic E-state index is -5.97. The second-order valence-corrected chi connectivity index (χ2v) is 12.7. The molecule has 0 atom stereocenters. The number of hydrogen-bond acceptors (Lipinski definition) is 4. The Balaban J connectivity index is 1.98. The van der Waals surface area contributed by atoms with E-state index in [0.717, 1.165) is 24.3 Å². The van der Waals surface area contributed by atoms with Gasteiger partial charge in [-0.05, 0) is 75.1 Å². The molecule has 4 nitrogen and oxygen atoms in total. The molecule has 3 aromatic carbocycles. The highest BCUT2D eigenvalue weighted by Crippen LogP contribution is 2.56. The first-order chi connectivity index (χ1) is 22.3. The van der Waals surface area contributed by atoms with Crippen molar-refractivity contribution in [2.45, 2.75) is 89.6 Å². The van der Waals surface area contributed by atoms with Gasteiger partial charge in [-0.1, -0.05) is 63.2 Å². The molecule has 0 radical (unpaired) electrons. The van der Waals surface area contributed by atoms with E-state index in [4.69, 9.17) is 4.74 Å². The highest BCUT2D eigenvalue weighted by atomic mass is 19.4. The molecule has 0 spiro atoms. The number of Topliss-reactive ketones (excluding diaryl/α,β-unsaturated/α-hetero) is 1. The summed E-state index contributed by atoms with van der Waals surface area (Å²) in [5.41, 5.74) is -11.9. The van der Waals surface area contributed by atoms with E-state index >= 15 is 17.6 Å². The van der Waals surface area contributed by atoms with Crippen LogP contribution in [0.3, 0.4) is 0 Å². The van der Waals surface area contributed by atoms with Gasteiger partial charge < -0.3 is 9.47 Å². The molecule has 0 N–H and O–H groups in total. The Labute approximate surface area is 276 Å². The van der Waals surface area contributed by atoms with Gasteiger partial charge in [0.15, 0.2) is 0 Å². The molecular formula is C35H34F10O4. The predicted octanol–water partition coefficient (Wildman–Crippen LogP) is 10.5. The minimum Gasteiger partial charge on any atom is -0.488 e. The summed E-state index contributed by atoms with van der Waals surface area (Å²) in [6, 6.07) is 7.05. The average Bonchev–Trinajstić information content (AvgIpc) is 3.00. The van der Waals surface area contributed by atoms with Gasteiger partial charge in [0.2, 0.25) is 11.2 Å². The molecule has 0 heterocycles. The number of benzene rings is 3. The molecule has 0 bridgehead atoms. The van der Waals surface area contributed by atoms with Crippen molar-refractivity contribution in [3.8, 4) is 11.5 Å². The fourth-order valence-electron chi connectivity index (χ4n) is 5.16. The number of carbonyl (C=O) groups excluding carboxylic acids is 2. The summed E-state index contributed by atoms with van der Waals surface area (Å²) in [6.45, 7) is 9.18. The van der Waals surface area contributed by atoms with Gasteiger partial charge in [-0.2, -0.15) is 43.9 Å². The lowest BCUT2D eigenvalue weighted by Crippen LogP contribution is -2.54. The van der Waals surface area contributed by atoms with E-state index in [1.807, 2.05) is 0 Å². The van der Waals surface area contributed by atoms with Crippen molar-refractivity contribution in [1.82, 2.24) is 0 Å². The first-order valence-corrected chi connectivity index (χ1v) is 14.9. The normalized spacial score (nSPS) is 13.6. The summed E-state index contributed by atoms with van der Waals surface area (Å²) < 4.78 is 158. The van der Waals surface area contributed by atoms with Crippen LogP contribution in [-0.2, 0) is 26.8 Å². The Hall–Kier alpha value is -4.10. The lowest BCUT2D eigenvalue weighted by atomic mass is 9.73. The molecule has 14 heteroatoms. The molecular weight excluding hydrogens is 674 g/mol. The van der Waals surface area contributed by atoms with Crippen LogP contribution >= 0.6 is 0 Å². The first-order valence-electron chi connectivity index (χ1n) is 14.9. The van der Waals surface area contributed by atoms with Gasteiger partial charge >= 0.3 is 30.2 Å². The maximum absolute atomic E-state index is 15.2. The van der Waals surface area contributed by atoms with Crippen LogP contribution in [-0.4, -0.2) is 29.7 Å². The molecule has 49 heavy (non-hydrogen) atoms. The fourth-order valence-corrected chi connectivity index (χ4v) is 5.16. The summed E-state index contributed by atoms with van der Waals surface area (Å²) in [5.74, 6) is -13.6. The van der Waals surface area contributed by atoms with E-state index < -0.39 is 80.4 Å². The van der Waals surface area contributed by atoms with Gasteiger partial charge in [0, 0.05) is 16.5 Å². The second-order valence-electron chi connectivity index (χ2n) is 12.7. The number of esters is 1. The molecule has 3 rings (SSSR count). The number of ketones is 1. The quantitative estimate of drug-likeness (QED) is 0.113. The maximum Gasteiger partial charge on any atom is 0.411 e. The zero-order valence-corrected chi connectivity index (χ0v) is 27.3. The molecule has 0 aliphatic rings. The van der Waals surface area contributed by atoms with Crippen LogP contribution in [0.2, 0.25) is 0 Å². The number of halogens is 10. The second kappa shape index (κ2) is 13.3. The minimum absolute atomic E-state index is 0.000984. The van der Waals surface area contributed by atoms with Crippen LogP contribution in [0, 0.1) is 5.41 Å². The van der Waals surface area contributed by atoms with E-state index in [2.05, 4.69) is 4.74 Å². The fraction of sp³-hybridized carbons (Fsp3) is 0.429. The maximum atomic E-state index is 15.2. The Bertz CT molecular complexity index is 1620. The number of carbonyl (C=O) groups is 2. The van der Waals surface area contributed by atoms with Crippen LogP contribution in [0.25, 0.3) is 0 Å². The van der Waals surface area contributed by atoms with Crippen LogP contribution in [0.15, 0.2) is 72.8 Å². The number of hydrogen-bond donors (Lipinski definition) is 0. The summed E-state index contributed by atoms with van der Waals surface area (Å²) in [4.78, 5) is 25.2. The van der Waals surface area contributed by atoms with Crippen molar-refractivity contribution < 1.29 is 63.0 Å². The van der Waals surface area contributed by atoms with Crippen LogP contribution in [0.4, 0.5) is 43.9 Å². The standard InChI is InChI=1S/C35H34F10O4/c1-7-30(6,8-2)27(46)32(36,37)23-10-9-11-24(20-23)33(38,39)28(47)48-25-16-12-21(13-17-25)31(34(40,41)42,35(43,44)45)22-14-18-26(19-15-22)49-29(3,4)5/h9-20H,7-8H2,1-6H3. The van der Waals surface area contributed by atoms with Crippen molar-refractivity contribution in [3.63, 3.8) is 0 Å². The molecule has 0 fully saturated rings. The van der Waals surface area contributed by atoms with Gasteiger partial charge in [-0.3, -0.25) is 4.79 Å². The van der Waals surface area contributed by atoms with E-state index in [1.165, 1.54) is 20.8 Å². The zero-order chi connectivity index (χ0) is 37.4. The highest BCUT2D eigenvalue weighted by molar-refractivity contribution is 5.92. The van der Waals surface area contributed by atoms with Crippen LogP contribution < -0.4 is 9.47 Å². The number of rotatable bonds is 11. The third-order valence-electron chi connectivity index (χ3n) is 8.30. The lowest BCUT2D eigenvalue weighted by molar-refractivity contribution is -0.288. The molecule has 0 amide bonds. The van der Waals surface area contributed by atoms with Crippen molar-refractivity contribution in [3.05, 3.63) is 95.1 Å². The third kappa shape index (κ3) is 7.57. The molecule has 0 aliphatic carbocycles. The van der Waals surface area contributed by atoms with E-state index in [-0.39, 0.29) is 24.7 Å². The Kier molecular flexibility index (Phi) is 10.7. The van der Waals surface area contributed by atoms with Crippen molar-refractivity contribution >= 4 is 11.8 Å². The molecule has 0 saturated heterocycles. The molecule has 0 saturated carbocycles. The smallest absolute Gasteiger partial charge is 0.411 e. The van der Waals surface area contributed by atoms with Crippen LogP contribution in [0.1, 0.15) is 76.6 Å². The largest absolute Gasteiger partial charge is 0.488 e. The Morgan fingerprint density at radius 2 is 0.980 bits per heavy atom. The van der Waals surface area contributed by atoms with Gasteiger partial charge in [0.25, 0.3) is 0 Å². The lowest BCUT2D eigenvalue weighted by Gasteiger charge is -2.38. The molecule has 0 aliphatic heterocycles. The summed E-state index contributed by atoms with van der Waals surface area (Å²) >= 11 is 0. The van der Waals surface area contributed by atoms with Gasteiger partial charge in [0.1, 0.15) is 17.1 Å². The summed E-state index contributed by atoms with van der Waals surface area (Å²) in [6.07, 6.45) is -11.9. The summed E-state index contributed by atoms with van der Waals surface area (Å²) in [7, 11) is 0. The molecule has 0 aromatic heterocycles. The van der Waals surface area contributed by atoms with Crippen molar-refractivity contribution in [1.29, 1.82) is 0 Å². The highest BCUT2D eigenvalue weighted by Gasteiger charge is 2.72. The van der Waals surface area contributed by atoms with E-state index in [9.17, 15) is 35.9 Å². The Morgan fingerprint density at radius 3 is 1.37 bits per heavy atom. The first kappa shape index (κ1) is 39.3. The molecule has 3 aromatic rings. The molecule has 0 unspecified atom stereocenters. The topological polar surface area (TPSA) is 52.6 Å². The summed E-state index contributed by atoms with van der Waals surface area (Å²) in [5, 5.41) is 0. The molecule has 268 valence electrons. The zero-order valence-electron chi connectivity index (χ0n) is 27.3. The van der Waals surface area contributed by atoms with Crippen LogP contribution in [0.5, 0.6) is 11.5 Å². The van der Waals surface area contributed by atoms with Gasteiger partial charge in [0.05, 0.1) is 0 Å². The predicted molar refractivity (Wildman–Crippen MR) is 160 cm³/mol. The third-order valence-corrected chi connectivity index (χ3v) is 8.30. The SMILES string of the molecule is CCC(C)(CC)C(=O)C(F)(F)c1cccc(C(F)(F)C(=O)Oc2ccc(C(c3ccc(OC(C)(C)C)cc3)(C(F)(F)F)C(F)(F)F)cc2)c1. The van der Waals surface area contributed by atoms with Crippen molar-refractivity contribution in [2.24, 2.45) is 5.41 Å². The average molecular weight is 709 g/mol. The monoisotopic (exact) mass is 708 g/mol. The number of ether oxygens (including phenoxy) is 2. The van der Waals surface area contributed by atoms with Crippen molar-refractivity contribution in [2.75, 3.05) is 0 Å². The van der Waals surface area contributed by atoms with E-state index in [1.54, 1.807) is 20.8 Å². The Morgan fingerprint density at radius 1 is 0.571 bits per heavy atom. The van der Waals surface area contributed by atoms with Gasteiger partial charge in [-0.25, -0.2) is 4.79 Å². The van der Waals surface area contributed by atoms with Gasteiger partial charge in [-0.15, -0.1) is 0 Å². The van der Waals surface area contributed by atoms with E-state index in [0.29, 0.717) is 42.5 Å².